The van der Waals surface area contributed by atoms with Crippen LogP contribution >= 0.6 is 11.5 Å². The highest BCUT2D eigenvalue weighted by Crippen LogP contribution is 1.89. The van der Waals surface area contributed by atoms with Gasteiger partial charge in [-0.05, 0) is 5.21 Å². The summed E-state index contributed by atoms with van der Waals surface area (Å²) in [6.45, 7) is 3.46. The van der Waals surface area contributed by atoms with Crippen LogP contribution in [-0.4, -0.2) is 14.8 Å². The van der Waals surface area contributed by atoms with Crippen LogP contribution in [0.4, 0.5) is 0 Å². The van der Waals surface area contributed by atoms with E-state index in [0.29, 0.717) is 5.01 Å². The molecule has 0 saturated heterocycles. The van der Waals surface area contributed by atoms with E-state index >= 15 is 0 Å². The predicted octanol–water partition coefficient (Wildman–Crippen LogP) is 0.115. The SMILES string of the molecule is [CH2]c1nnns1. The molecule has 0 aliphatic rings. The molecule has 0 atom stereocenters. The van der Waals surface area contributed by atoms with Gasteiger partial charge in [-0.3, -0.25) is 0 Å². The van der Waals surface area contributed by atoms with E-state index in [-0.39, 0.29) is 0 Å². The van der Waals surface area contributed by atoms with Gasteiger partial charge in [0.05, 0.1) is 0 Å². The van der Waals surface area contributed by atoms with Crippen LogP contribution in [0.1, 0.15) is 5.01 Å². The summed E-state index contributed by atoms with van der Waals surface area (Å²) in [5.41, 5.74) is 0. The number of aromatic nitrogens is 3. The molecule has 1 heterocycles. The van der Waals surface area contributed by atoms with Crippen molar-refractivity contribution in [3.63, 3.8) is 0 Å². The second kappa shape index (κ2) is 1.30. The highest BCUT2D eigenvalue weighted by Gasteiger charge is 1.80. The minimum atomic E-state index is 0.662. The molecular weight excluding hydrogens is 98.1 g/mol. The van der Waals surface area contributed by atoms with E-state index in [4.69, 9.17) is 0 Å². The Labute approximate surface area is 39.2 Å². The molecule has 6 heavy (non-hydrogen) atoms. The molecule has 0 N–H and O–H groups in total. The fourth-order valence-corrected chi connectivity index (χ4v) is 0.392. The van der Waals surface area contributed by atoms with Crippen molar-refractivity contribution in [3.05, 3.63) is 11.9 Å². The highest BCUT2D eigenvalue weighted by atomic mass is 32.1. The lowest BCUT2D eigenvalue weighted by atomic mass is 10.9. The first-order valence-electron chi connectivity index (χ1n) is 1.36. The van der Waals surface area contributed by atoms with Crippen LogP contribution in [0.3, 0.4) is 0 Å². The van der Waals surface area contributed by atoms with Gasteiger partial charge in [0, 0.05) is 18.5 Å². The molecule has 31 valence electrons. The van der Waals surface area contributed by atoms with Gasteiger partial charge in [0.1, 0.15) is 5.01 Å². The highest BCUT2D eigenvalue weighted by molar-refractivity contribution is 7.05. The molecule has 4 heteroatoms. The third-order valence-corrected chi connectivity index (χ3v) is 0.786. The van der Waals surface area contributed by atoms with Crippen LogP contribution in [0.2, 0.25) is 0 Å². The molecule has 0 unspecified atom stereocenters. The van der Waals surface area contributed by atoms with E-state index in [0.717, 1.165) is 0 Å². The van der Waals surface area contributed by atoms with Crippen molar-refractivity contribution >= 4 is 11.5 Å². The Bertz CT molecular complexity index is 112. The quantitative estimate of drug-likeness (QED) is 0.464. The Morgan fingerprint density at radius 3 is 2.67 bits per heavy atom. The predicted molar refractivity (Wildman–Crippen MR) is 22.2 cm³/mol. The molecule has 1 aromatic heterocycles. The van der Waals surface area contributed by atoms with Crippen LogP contribution in [0.25, 0.3) is 0 Å². The van der Waals surface area contributed by atoms with Crippen molar-refractivity contribution in [2.75, 3.05) is 0 Å². The lowest BCUT2D eigenvalue weighted by molar-refractivity contribution is 0.948. The van der Waals surface area contributed by atoms with Crippen molar-refractivity contribution in [1.29, 1.82) is 0 Å². The maximum Gasteiger partial charge on any atom is 0.138 e. The van der Waals surface area contributed by atoms with Gasteiger partial charge in [-0.25, -0.2) is 0 Å². The van der Waals surface area contributed by atoms with Crippen molar-refractivity contribution in [1.82, 2.24) is 14.8 Å². The fourth-order valence-electron chi connectivity index (χ4n) is 0.152. The minimum Gasteiger partial charge on any atom is -0.122 e. The van der Waals surface area contributed by atoms with Crippen molar-refractivity contribution in [2.45, 2.75) is 0 Å². The molecule has 1 aromatic rings. The molecule has 0 aromatic carbocycles. The largest absolute Gasteiger partial charge is 0.138 e. The number of rotatable bonds is 0. The zero-order valence-electron chi connectivity index (χ0n) is 2.96. The van der Waals surface area contributed by atoms with E-state index < -0.39 is 0 Å². The van der Waals surface area contributed by atoms with Crippen LogP contribution in [0.5, 0.6) is 0 Å². The first-order chi connectivity index (χ1) is 2.89. The molecule has 0 amide bonds. The summed E-state index contributed by atoms with van der Waals surface area (Å²) in [4.78, 5) is 0. The van der Waals surface area contributed by atoms with Gasteiger partial charge < -0.3 is 0 Å². The van der Waals surface area contributed by atoms with E-state index in [2.05, 4.69) is 21.7 Å². The summed E-state index contributed by atoms with van der Waals surface area (Å²) in [5.74, 6) is 0. The van der Waals surface area contributed by atoms with Crippen LogP contribution in [0, 0.1) is 6.92 Å². The third kappa shape index (κ3) is 0.514. The van der Waals surface area contributed by atoms with Gasteiger partial charge in [0.25, 0.3) is 0 Å². The van der Waals surface area contributed by atoms with Crippen LogP contribution in [0.15, 0.2) is 0 Å². The maximum atomic E-state index is 3.46. The van der Waals surface area contributed by atoms with Crippen LogP contribution in [-0.2, 0) is 0 Å². The molecule has 0 saturated carbocycles. The van der Waals surface area contributed by atoms with Crippen LogP contribution < -0.4 is 0 Å². The molecular formula is C2H2N3S. The Kier molecular flexibility index (Phi) is 0.795. The summed E-state index contributed by atoms with van der Waals surface area (Å²) >= 11 is 1.19. The first-order valence-corrected chi connectivity index (χ1v) is 2.14. The summed E-state index contributed by atoms with van der Waals surface area (Å²) in [6, 6.07) is 0. The van der Waals surface area contributed by atoms with Gasteiger partial charge in [0.2, 0.25) is 0 Å². The monoisotopic (exact) mass is 100.0 g/mol. The van der Waals surface area contributed by atoms with E-state index in [1.165, 1.54) is 11.5 Å². The summed E-state index contributed by atoms with van der Waals surface area (Å²) in [7, 11) is 0. The number of hydrogen-bond acceptors (Lipinski definition) is 4. The second-order valence-electron chi connectivity index (χ2n) is 0.756. The summed E-state index contributed by atoms with van der Waals surface area (Å²) in [5, 5.41) is 7.40. The lowest BCUT2D eigenvalue weighted by Gasteiger charge is -1.58. The maximum absolute atomic E-state index is 3.46. The second-order valence-corrected chi connectivity index (χ2v) is 1.57. The lowest BCUT2D eigenvalue weighted by Crippen LogP contribution is -1.66. The van der Waals surface area contributed by atoms with Crippen molar-refractivity contribution < 1.29 is 0 Å². The Morgan fingerprint density at radius 1 is 1.67 bits per heavy atom. The molecule has 1 radical (unpaired) electrons. The van der Waals surface area contributed by atoms with Crippen molar-refractivity contribution in [3.8, 4) is 0 Å². The molecule has 0 aliphatic carbocycles. The van der Waals surface area contributed by atoms with Gasteiger partial charge in [-0.2, -0.15) is 0 Å². The topological polar surface area (TPSA) is 38.7 Å². The average molecular weight is 100 g/mol. The zero-order chi connectivity index (χ0) is 4.41. The molecule has 1 rings (SSSR count). The fraction of sp³-hybridized carbons (Fsp3) is 0. The number of hydrogen-bond donors (Lipinski definition) is 0. The van der Waals surface area contributed by atoms with Gasteiger partial charge in [-0.15, -0.1) is 5.10 Å². The van der Waals surface area contributed by atoms with E-state index in [1.807, 2.05) is 0 Å². The Morgan fingerprint density at radius 2 is 2.50 bits per heavy atom. The van der Waals surface area contributed by atoms with E-state index in [9.17, 15) is 0 Å². The molecule has 0 bridgehead atoms. The minimum absolute atomic E-state index is 0.662. The Balaban J connectivity index is 3.05. The first kappa shape index (κ1) is 3.67. The normalized spacial score (nSPS) is 8.83. The zero-order valence-corrected chi connectivity index (χ0v) is 3.77. The summed E-state index contributed by atoms with van der Waals surface area (Å²) in [6.07, 6.45) is 0. The molecule has 3 nitrogen and oxygen atoms in total. The molecule has 0 aliphatic heterocycles. The molecule has 0 fully saturated rings. The standard InChI is InChI=1S/C2H2N3S/c1-2-3-4-5-6-2/h1H2. The van der Waals surface area contributed by atoms with Gasteiger partial charge >= 0.3 is 0 Å². The van der Waals surface area contributed by atoms with Gasteiger partial charge in [-0.1, -0.05) is 4.49 Å². The third-order valence-electron chi connectivity index (χ3n) is 0.339. The average Bonchev–Trinajstić information content (AvgIpc) is 1.86. The van der Waals surface area contributed by atoms with Gasteiger partial charge in [0.15, 0.2) is 0 Å². The van der Waals surface area contributed by atoms with E-state index in [1.54, 1.807) is 0 Å². The molecule has 0 spiro atoms. The smallest absolute Gasteiger partial charge is 0.122 e. The summed E-state index contributed by atoms with van der Waals surface area (Å²) < 4.78 is 3.44. The van der Waals surface area contributed by atoms with Crippen molar-refractivity contribution in [2.24, 2.45) is 0 Å². The number of nitrogens with zero attached hydrogens (tertiary/aromatic N) is 3. The Hall–Kier alpha value is -0.510.